The minimum absolute atomic E-state index is 0.00101. The summed E-state index contributed by atoms with van der Waals surface area (Å²) in [5.74, 6) is 1.43. The number of H-pyrrole nitrogens is 1. The molecule has 0 amide bonds. The predicted octanol–water partition coefficient (Wildman–Crippen LogP) is 4.34. The molecule has 0 radical (unpaired) electrons. The second-order valence-electron chi connectivity index (χ2n) is 7.12. The van der Waals surface area contributed by atoms with Crippen molar-refractivity contribution in [2.45, 2.75) is 44.1 Å². The van der Waals surface area contributed by atoms with Crippen LogP contribution in [0.2, 0.25) is 0 Å². The molecule has 1 aromatic carbocycles. The summed E-state index contributed by atoms with van der Waals surface area (Å²) in [5, 5.41) is 0.723. The van der Waals surface area contributed by atoms with Gasteiger partial charge in [-0.05, 0) is 42.9 Å². The number of aryl methyl sites for hydroxylation is 1. The average Bonchev–Trinajstić information content (AvgIpc) is 3.05. The van der Waals surface area contributed by atoms with Crippen molar-refractivity contribution in [3.05, 3.63) is 57.0 Å². The Bertz CT molecular complexity index is 1040. The standard InChI is InChI=1S/C21H22N2O3S2/c1-13-7-8-15-16(11-13)28-21-19(15)20(25)22-17(23-21)12-26-18(24)9-10-27-14-5-3-2-4-6-14/h2-6,13H,7-12H2,1H3,(H,22,23,25)/t13-/m1/s1. The average molecular weight is 415 g/mol. The van der Waals surface area contributed by atoms with Crippen LogP contribution in [0.15, 0.2) is 40.0 Å². The number of thioether (sulfide) groups is 1. The van der Waals surface area contributed by atoms with Gasteiger partial charge in [0, 0.05) is 15.5 Å². The first-order valence-electron chi connectivity index (χ1n) is 9.47. The number of carbonyl (C=O) groups is 1. The maximum absolute atomic E-state index is 12.6. The van der Waals surface area contributed by atoms with Gasteiger partial charge in [-0.25, -0.2) is 4.98 Å². The van der Waals surface area contributed by atoms with Crippen molar-refractivity contribution in [1.29, 1.82) is 0 Å². The van der Waals surface area contributed by atoms with E-state index in [4.69, 9.17) is 4.74 Å². The minimum Gasteiger partial charge on any atom is -0.457 e. The zero-order valence-electron chi connectivity index (χ0n) is 15.7. The fraction of sp³-hybridized carbons (Fsp3) is 0.381. The number of aromatic nitrogens is 2. The molecule has 0 spiro atoms. The van der Waals surface area contributed by atoms with E-state index in [0.717, 1.165) is 39.9 Å². The van der Waals surface area contributed by atoms with E-state index in [9.17, 15) is 9.59 Å². The summed E-state index contributed by atoms with van der Waals surface area (Å²) in [4.78, 5) is 35.1. The van der Waals surface area contributed by atoms with Crippen LogP contribution in [-0.4, -0.2) is 21.7 Å². The Morgan fingerprint density at radius 3 is 3.00 bits per heavy atom. The monoisotopic (exact) mass is 414 g/mol. The molecule has 0 fully saturated rings. The molecule has 2 aromatic heterocycles. The van der Waals surface area contributed by atoms with Crippen molar-refractivity contribution in [3.8, 4) is 0 Å². The molecule has 28 heavy (non-hydrogen) atoms. The number of thiophene rings is 1. The number of carbonyl (C=O) groups excluding carboxylic acids is 1. The number of nitrogens with zero attached hydrogens (tertiary/aromatic N) is 1. The quantitative estimate of drug-likeness (QED) is 0.480. The number of benzene rings is 1. The van der Waals surface area contributed by atoms with Crippen molar-refractivity contribution in [3.63, 3.8) is 0 Å². The zero-order chi connectivity index (χ0) is 19.5. The Labute approximate surface area is 171 Å². The molecule has 0 bridgehead atoms. The van der Waals surface area contributed by atoms with Gasteiger partial charge in [-0.1, -0.05) is 25.1 Å². The summed E-state index contributed by atoms with van der Waals surface area (Å²) in [6.07, 6.45) is 3.38. The van der Waals surface area contributed by atoms with E-state index in [1.54, 1.807) is 23.1 Å². The van der Waals surface area contributed by atoms with E-state index < -0.39 is 0 Å². The summed E-state index contributed by atoms with van der Waals surface area (Å²) < 4.78 is 5.31. The van der Waals surface area contributed by atoms with E-state index in [0.29, 0.717) is 23.9 Å². The van der Waals surface area contributed by atoms with Gasteiger partial charge in [0.15, 0.2) is 0 Å². The molecule has 1 atom stereocenters. The van der Waals surface area contributed by atoms with Gasteiger partial charge in [0.25, 0.3) is 5.56 Å². The number of nitrogens with one attached hydrogen (secondary N) is 1. The van der Waals surface area contributed by atoms with Crippen LogP contribution in [0.1, 0.15) is 36.0 Å². The number of fused-ring (bicyclic) bond motifs is 3. The summed E-state index contributed by atoms with van der Waals surface area (Å²) in [6.45, 7) is 2.24. The topological polar surface area (TPSA) is 72.0 Å². The molecule has 5 nitrogen and oxygen atoms in total. The number of ether oxygens (including phenoxy) is 1. The molecule has 3 aromatic rings. The third kappa shape index (κ3) is 4.31. The van der Waals surface area contributed by atoms with E-state index >= 15 is 0 Å². The third-order valence-corrected chi connectivity index (χ3v) is 7.06. The maximum Gasteiger partial charge on any atom is 0.307 e. The molecule has 0 aliphatic heterocycles. The highest BCUT2D eigenvalue weighted by Crippen LogP contribution is 2.35. The van der Waals surface area contributed by atoms with Gasteiger partial charge >= 0.3 is 5.97 Å². The molecular formula is C21H22N2O3S2. The van der Waals surface area contributed by atoms with Gasteiger partial charge < -0.3 is 9.72 Å². The first-order valence-corrected chi connectivity index (χ1v) is 11.3. The Kier molecular flexibility index (Phi) is 5.82. The lowest BCUT2D eigenvalue weighted by molar-refractivity contribution is -0.144. The van der Waals surface area contributed by atoms with Crippen LogP contribution in [0, 0.1) is 5.92 Å². The number of hydrogen-bond donors (Lipinski definition) is 1. The van der Waals surface area contributed by atoms with Crippen LogP contribution in [0.5, 0.6) is 0 Å². The van der Waals surface area contributed by atoms with Crippen LogP contribution in [-0.2, 0) is 29.0 Å². The number of rotatable bonds is 6. The van der Waals surface area contributed by atoms with E-state index in [2.05, 4.69) is 16.9 Å². The Morgan fingerprint density at radius 1 is 1.36 bits per heavy atom. The molecule has 1 aliphatic rings. The molecule has 0 saturated heterocycles. The summed E-state index contributed by atoms with van der Waals surface area (Å²) in [7, 11) is 0. The molecule has 7 heteroatoms. The zero-order valence-corrected chi connectivity index (χ0v) is 17.3. The van der Waals surface area contributed by atoms with Gasteiger partial charge in [0.1, 0.15) is 17.3 Å². The van der Waals surface area contributed by atoms with Crippen molar-refractivity contribution in [2.24, 2.45) is 5.92 Å². The SMILES string of the molecule is C[C@@H]1CCc2c(sc3nc(COC(=O)CCSc4ccccc4)[nH]c(=O)c23)C1. The lowest BCUT2D eigenvalue weighted by Gasteiger charge is -2.17. The van der Waals surface area contributed by atoms with Gasteiger partial charge in [-0.2, -0.15) is 0 Å². The fourth-order valence-electron chi connectivity index (χ4n) is 3.45. The van der Waals surface area contributed by atoms with Crippen LogP contribution in [0.3, 0.4) is 0 Å². The predicted molar refractivity (Wildman–Crippen MR) is 113 cm³/mol. The molecule has 1 N–H and O–H groups in total. The lowest BCUT2D eigenvalue weighted by Crippen LogP contribution is -2.16. The highest BCUT2D eigenvalue weighted by Gasteiger charge is 2.23. The number of hydrogen-bond acceptors (Lipinski definition) is 6. The number of esters is 1. The molecule has 1 aliphatic carbocycles. The van der Waals surface area contributed by atoms with Gasteiger partial charge in [-0.15, -0.1) is 23.1 Å². The molecule has 2 heterocycles. The van der Waals surface area contributed by atoms with Gasteiger partial charge in [-0.3, -0.25) is 9.59 Å². The molecule has 0 saturated carbocycles. The molecule has 0 unspecified atom stereocenters. The van der Waals surface area contributed by atoms with Gasteiger partial charge in [0.2, 0.25) is 0 Å². The van der Waals surface area contributed by atoms with Crippen molar-refractivity contribution >= 4 is 39.3 Å². The fourth-order valence-corrected chi connectivity index (χ4v) is 5.71. The highest BCUT2D eigenvalue weighted by molar-refractivity contribution is 7.99. The molecular weight excluding hydrogens is 392 g/mol. The van der Waals surface area contributed by atoms with Crippen LogP contribution in [0.25, 0.3) is 10.2 Å². The van der Waals surface area contributed by atoms with E-state index in [-0.39, 0.29) is 18.1 Å². The minimum atomic E-state index is -0.287. The van der Waals surface area contributed by atoms with Crippen LogP contribution >= 0.6 is 23.1 Å². The van der Waals surface area contributed by atoms with E-state index in [1.165, 1.54) is 4.88 Å². The molecule has 4 rings (SSSR count). The van der Waals surface area contributed by atoms with E-state index in [1.807, 2.05) is 30.3 Å². The summed E-state index contributed by atoms with van der Waals surface area (Å²) in [6, 6.07) is 9.94. The van der Waals surface area contributed by atoms with Crippen molar-refractivity contribution < 1.29 is 9.53 Å². The highest BCUT2D eigenvalue weighted by atomic mass is 32.2. The van der Waals surface area contributed by atoms with Gasteiger partial charge in [0.05, 0.1) is 11.8 Å². The lowest BCUT2D eigenvalue weighted by atomic mass is 9.89. The largest absolute Gasteiger partial charge is 0.457 e. The van der Waals surface area contributed by atoms with Crippen molar-refractivity contribution in [2.75, 3.05) is 5.75 Å². The Hall–Kier alpha value is -2.12. The van der Waals surface area contributed by atoms with Crippen LogP contribution < -0.4 is 5.56 Å². The van der Waals surface area contributed by atoms with Crippen molar-refractivity contribution in [1.82, 2.24) is 9.97 Å². The Balaban J connectivity index is 1.37. The first-order chi connectivity index (χ1) is 13.6. The second kappa shape index (κ2) is 8.49. The molecule has 146 valence electrons. The summed E-state index contributed by atoms with van der Waals surface area (Å²) >= 11 is 3.22. The smallest absolute Gasteiger partial charge is 0.307 e. The van der Waals surface area contributed by atoms with Crippen LogP contribution in [0.4, 0.5) is 0 Å². The Morgan fingerprint density at radius 2 is 2.18 bits per heavy atom. The maximum atomic E-state index is 12.6. The number of aromatic amines is 1. The third-order valence-electron chi connectivity index (χ3n) is 4.90. The normalized spacial score (nSPS) is 16.1. The first kappa shape index (κ1) is 19.2. The second-order valence-corrected chi connectivity index (χ2v) is 9.37. The summed E-state index contributed by atoms with van der Waals surface area (Å²) in [5.41, 5.74) is 1.04.